The van der Waals surface area contributed by atoms with Gasteiger partial charge in [0.25, 0.3) is 0 Å². The van der Waals surface area contributed by atoms with Crippen LogP contribution < -0.4 is 9.64 Å². The lowest BCUT2D eigenvalue weighted by Gasteiger charge is -2.37. The van der Waals surface area contributed by atoms with E-state index in [9.17, 15) is 0 Å². The third-order valence-electron chi connectivity index (χ3n) is 5.83. The number of thioether (sulfide) groups is 1. The van der Waals surface area contributed by atoms with Crippen LogP contribution in [0.15, 0.2) is 52.4 Å². The number of aryl methyl sites for hydroxylation is 2. The van der Waals surface area contributed by atoms with Crippen LogP contribution in [0.25, 0.3) is 0 Å². The molecular weight excluding hydrogens is 366 g/mol. The van der Waals surface area contributed by atoms with Gasteiger partial charge in [-0.3, -0.25) is 0 Å². The molecule has 28 heavy (non-hydrogen) atoms. The van der Waals surface area contributed by atoms with Crippen molar-refractivity contribution < 1.29 is 4.74 Å². The second kappa shape index (κ2) is 7.63. The van der Waals surface area contributed by atoms with Gasteiger partial charge in [0.2, 0.25) is 0 Å². The molecule has 146 valence electrons. The van der Waals surface area contributed by atoms with Crippen molar-refractivity contribution in [3.63, 3.8) is 0 Å². The molecule has 1 aliphatic heterocycles. The summed E-state index contributed by atoms with van der Waals surface area (Å²) >= 11 is 1.68. The summed E-state index contributed by atoms with van der Waals surface area (Å²) in [6.07, 6.45) is 6.58. The van der Waals surface area contributed by atoms with E-state index in [0.717, 1.165) is 41.0 Å². The lowest BCUT2D eigenvalue weighted by molar-refractivity contribution is 0.413. The number of amidine groups is 2. The Balaban J connectivity index is 1.90. The van der Waals surface area contributed by atoms with Crippen LogP contribution in [0, 0.1) is 13.8 Å². The van der Waals surface area contributed by atoms with Crippen LogP contribution in [-0.4, -0.2) is 29.9 Å². The molecule has 4 nitrogen and oxygen atoms in total. The van der Waals surface area contributed by atoms with E-state index in [1.165, 1.54) is 24.0 Å². The zero-order valence-electron chi connectivity index (χ0n) is 17.0. The first-order valence-electron chi connectivity index (χ1n) is 9.82. The molecule has 5 heteroatoms. The summed E-state index contributed by atoms with van der Waals surface area (Å²) in [5.41, 5.74) is 4.32. The first-order valence-corrected chi connectivity index (χ1v) is 11.0. The number of anilines is 1. The Morgan fingerprint density at radius 3 is 2.36 bits per heavy atom. The average Bonchev–Trinajstić information content (AvgIpc) is 3.31. The molecule has 2 aromatic rings. The number of aliphatic imine (C=N–C) groups is 2. The number of para-hydroxylation sites is 3. The van der Waals surface area contributed by atoms with Crippen LogP contribution in [0.3, 0.4) is 0 Å². The highest BCUT2D eigenvalue weighted by molar-refractivity contribution is 8.13. The van der Waals surface area contributed by atoms with Gasteiger partial charge < -0.3 is 9.64 Å². The molecule has 0 unspecified atom stereocenters. The fraction of sp³-hybridized carbons (Fsp3) is 0.391. The molecular formula is C23H27N3OS. The number of hydrogen-bond donors (Lipinski definition) is 0. The van der Waals surface area contributed by atoms with Crippen LogP contribution >= 0.6 is 11.8 Å². The maximum Gasteiger partial charge on any atom is 0.171 e. The summed E-state index contributed by atoms with van der Waals surface area (Å²) in [4.78, 5) is 12.6. The highest BCUT2D eigenvalue weighted by atomic mass is 32.2. The summed E-state index contributed by atoms with van der Waals surface area (Å²) in [5.74, 6) is 1.82. The van der Waals surface area contributed by atoms with Crippen molar-refractivity contribution in [3.8, 4) is 5.75 Å². The standard InChI is InChI=1S/C23H27N3OS/c1-16-10-9-11-17(2)20(16)24-21-23(14-7-8-15-23)26(22(25-21)28-4)18-12-5-6-13-19(18)27-3/h5-6,9-13H,7-8,14-15H2,1-4H3. The van der Waals surface area contributed by atoms with Gasteiger partial charge in [-0.05, 0) is 56.2 Å². The van der Waals surface area contributed by atoms with Crippen LogP contribution in [0.4, 0.5) is 11.4 Å². The maximum absolute atomic E-state index is 5.70. The first kappa shape index (κ1) is 19.1. The largest absolute Gasteiger partial charge is 0.495 e. The predicted octanol–water partition coefficient (Wildman–Crippen LogP) is 5.89. The molecule has 0 amide bonds. The summed E-state index contributed by atoms with van der Waals surface area (Å²) < 4.78 is 5.70. The van der Waals surface area contributed by atoms with E-state index in [4.69, 9.17) is 14.7 Å². The number of methoxy groups -OCH3 is 1. The van der Waals surface area contributed by atoms with Crippen molar-refractivity contribution in [2.45, 2.75) is 45.1 Å². The van der Waals surface area contributed by atoms with Crippen molar-refractivity contribution in [2.24, 2.45) is 9.98 Å². The van der Waals surface area contributed by atoms with Gasteiger partial charge in [-0.2, -0.15) is 0 Å². The lowest BCUT2D eigenvalue weighted by Crippen LogP contribution is -2.49. The van der Waals surface area contributed by atoms with Gasteiger partial charge in [-0.15, -0.1) is 0 Å². The van der Waals surface area contributed by atoms with Gasteiger partial charge in [0.15, 0.2) is 11.0 Å². The van der Waals surface area contributed by atoms with E-state index in [1.807, 2.05) is 12.1 Å². The smallest absolute Gasteiger partial charge is 0.171 e. The quantitative estimate of drug-likeness (QED) is 0.652. The van der Waals surface area contributed by atoms with Crippen LogP contribution in [0.5, 0.6) is 5.75 Å². The van der Waals surface area contributed by atoms with E-state index in [2.05, 4.69) is 55.3 Å². The highest BCUT2D eigenvalue weighted by Crippen LogP contribution is 2.47. The normalized spacial score (nSPS) is 19.5. The monoisotopic (exact) mass is 393 g/mol. The summed E-state index contributed by atoms with van der Waals surface area (Å²) in [7, 11) is 1.73. The van der Waals surface area contributed by atoms with Crippen LogP contribution in [0.1, 0.15) is 36.8 Å². The van der Waals surface area contributed by atoms with Crippen molar-refractivity contribution in [3.05, 3.63) is 53.6 Å². The molecule has 1 spiro atoms. The third kappa shape index (κ3) is 3.02. The number of hydrogen-bond acceptors (Lipinski definition) is 4. The Morgan fingerprint density at radius 1 is 1.04 bits per heavy atom. The van der Waals surface area contributed by atoms with E-state index in [0.29, 0.717) is 0 Å². The molecule has 0 aromatic heterocycles. The lowest BCUT2D eigenvalue weighted by atomic mass is 9.93. The Bertz CT molecular complexity index is 924. The number of ether oxygens (including phenoxy) is 1. The van der Waals surface area contributed by atoms with Crippen molar-refractivity contribution in [2.75, 3.05) is 18.3 Å². The highest BCUT2D eigenvalue weighted by Gasteiger charge is 2.51. The van der Waals surface area contributed by atoms with Gasteiger partial charge in [-0.1, -0.05) is 54.9 Å². The Labute approximate surface area is 171 Å². The van der Waals surface area contributed by atoms with E-state index in [1.54, 1.807) is 18.9 Å². The molecule has 0 N–H and O–H groups in total. The topological polar surface area (TPSA) is 37.2 Å². The SMILES string of the molecule is COc1ccccc1N1C(SC)=NC(=Nc2c(C)cccc2C)C12CCCC2. The second-order valence-corrected chi connectivity index (χ2v) is 8.29. The van der Waals surface area contributed by atoms with Crippen molar-refractivity contribution in [1.29, 1.82) is 0 Å². The van der Waals surface area contributed by atoms with Gasteiger partial charge in [0, 0.05) is 0 Å². The number of rotatable bonds is 3. The van der Waals surface area contributed by atoms with E-state index >= 15 is 0 Å². The maximum atomic E-state index is 5.70. The number of nitrogens with zero attached hydrogens (tertiary/aromatic N) is 3. The average molecular weight is 394 g/mol. The van der Waals surface area contributed by atoms with Crippen molar-refractivity contribution >= 4 is 34.1 Å². The third-order valence-corrected chi connectivity index (χ3v) is 6.47. The summed E-state index contributed by atoms with van der Waals surface area (Å²) in [6.45, 7) is 4.25. The zero-order valence-corrected chi connectivity index (χ0v) is 17.8. The summed E-state index contributed by atoms with van der Waals surface area (Å²) in [5, 5.41) is 0.997. The molecule has 2 aromatic carbocycles. The predicted molar refractivity (Wildman–Crippen MR) is 121 cm³/mol. The molecule has 1 saturated carbocycles. The molecule has 1 fully saturated rings. The van der Waals surface area contributed by atoms with Crippen molar-refractivity contribution in [1.82, 2.24) is 0 Å². The second-order valence-electron chi connectivity index (χ2n) is 7.52. The molecule has 1 aliphatic carbocycles. The Hall–Kier alpha value is -2.27. The molecule has 0 saturated heterocycles. The van der Waals surface area contributed by atoms with Crippen LogP contribution in [0.2, 0.25) is 0 Å². The molecule has 0 atom stereocenters. The minimum atomic E-state index is -0.193. The number of benzene rings is 2. The Morgan fingerprint density at radius 2 is 1.71 bits per heavy atom. The minimum absolute atomic E-state index is 0.193. The molecule has 1 heterocycles. The summed E-state index contributed by atoms with van der Waals surface area (Å²) in [6, 6.07) is 14.6. The zero-order chi connectivity index (χ0) is 19.7. The molecule has 0 bridgehead atoms. The molecule has 4 rings (SSSR count). The van der Waals surface area contributed by atoms with Gasteiger partial charge >= 0.3 is 0 Å². The fourth-order valence-corrected chi connectivity index (χ4v) is 5.07. The van der Waals surface area contributed by atoms with E-state index < -0.39 is 0 Å². The molecule has 0 radical (unpaired) electrons. The molecule has 2 aliphatic rings. The van der Waals surface area contributed by atoms with Gasteiger partial charge in [-0.25, -0.2) is 9.98 Å². The minimum Gasteiger partial charge on any atom is -0.495 e. The van der Waals surface area contributed by atoms with Gasteiger partial charge in [0.1, 0.15) is 11.3 Å². The van der Waals surface area contributed by atoms with Gasteiger partial charge in [0.05, 0.1) is 18.5 Å². The first-order chi connectivity index (χ1) is 13.6. The van der Waals surface area contributed by atoms with Crippen LogP contribution in [-0.2, 0) is 0 Å². The fourth-order valence-electron chi connectivity index (χ4n) is 4.44. The van der Waals surface area contributed by atoms with E-state index in [-0.39, 0.29) is 5.54 Å². The Kier molecular flexibility index (Phi) is 5.19.